The van der Waals surface area contributed by atoms with Gasteiger partial charge in [0.25, 0.3) is 0 Å². The first-order chi connectivity index (χ1) is 8.41. The van der Waals surface area contributed by atoms with Crippen molar-refractivity contribution >= 4 is 23.2 Å². The van der Waals surface area contributed by atoms with E-state index in [4.69, 9.17) is 0 Å². The van der Waals surface area contributed by atoms with Crippen LogP contribution in [-0.4, -0.2) is 17.9 Å². The van der Waals surface area contributed by atoms with Crippen molar-refractivity contribution < 1.29 is 9.59 Å². The molecule has 1 unspecified atom stereocenters. The molecule has 100 valence electrons. The molecule has 1 heterocycles. The highest BCUT2D eigenvalue weighted by Gasteiger charge is 2.22. The molecule has 1 atom stereocenters. The van der Waals surface area contributed by atoms with Crippen LogP contribution in [0.5, 0.6) is 0 Å². The molecule has 0 bridgehead atoms. The number of nitrogens with one attached hydrogen (secondary N) is 2. The van der Waals surface area contributed by atoms with Crippen LogP contribution in [0.3, 0.4) is 0 Å². The second-order valence-electron chi connectivity index (χ2n) is 4.67. The Hall–Kier alpha value is -1.36. The Labute approximate surface area is 112 Å². The molecular weight excluding hydrogens is 248 g/mol. The van der Waals surface area contributed by atoms with Crippen molar-refractivity contribution in [3.8, 4) is 0 Å². The van der Waals surface area contributed by atoms with E-state index in [9.17, 15) is 9.59 Å². The van der Waals surface area contributed by atoms with E-state index in [2.05, 4.69) is 10.6 Å². The van der Waals surface area contributed by atoms with Gasteiger partial charge in [0.2, 0.25) is 11.8 Å². The van der Waals surface area contributed by atoms with Crippen LogP contribution in [0.25, 0.3) is 0 Å². The van der Waals surface area contributed by atoms with Crippen LogP contribution in [0.1, 0.15) is 31.2 Å². The fourth-order valence-electron chi connectivity index (χ4n) is 1.62. The molecule has 0 aliphatic rings. The average Bonchev–Trinajstić information content (AvgIpc) is 2.68. The van der Waals surface area contributed by atoms with Crippen LogP contribution >= 0.6 is 11.3 Å². The average molecular weight is 268 g/mol. The summed E-state index contributed by atoms with van der Waals surface area (Å²) in [5.74, 6) is -0.248. The summed E-state index contributed by atoms with van der Waals surface area (Å²) in [7, 11) is 0. The Bertz CT molecular complexity index is 426. The first kappa shape index (κ1) is 14.7. The maximum Gasteiger partial charge on any atom is 0.243 e. The fourth-order valence-corrected chi connectivity index (χ4v) is 2.46. The van der Waals surface area contributed by atoms with Gasteiger partial charge in [0, 0.05) is 11.8 Å². The molecule has 1 aromatic heterocycles. The monoisotopic (exact) mass is 268 g/mol. The van der Waals surface area contributed by atoms with Gasteiger partial charge in [0.05, 0.1) is 6.54 Å². The maximum atomic E-state index is 12.0. The second-order valence-corrected chi connectivity index (χ2v) is 5.67. The van der Waals surface area contributed by atoms with Crippen molar-refractivity contribution in [1.82, 2.24) is 10.6 Å². The zero-order chi connectivity index (χ0) is 13.7. The molecule has 0 spiro atoms. The summed E-state index contributed by atoms with van der Waals surface area (Å²) in [6.07, 6.45) is 0. The molecular formula is C13H20N2O2S. The van der Waals surface area contributed by atoms with Crippen molar-refractivity contribution in [3.05, 3.63) is 21.9 Å². The van der Waals surface area contributed by atoms with Crippen LogP contribution in [0.4, 0.5) is 0 Å². The molecule has 0 aliphatic carbocycles. The lowest BCUT2D eigenvalue weighted by atomic mass is 10.0. The third-order valence-corrected chi connectivity index (χ3v) is 3.72. The van der Waals surface area contributed by atoms with E-state index in [1.165, 1.54) is 12.5 Å². The van der Waals surface area contributed by atoms with Gasteiger partial charge in [0.1, 0.15) is 6.04 Å². The summed E-state index contributed by atoms with van der Waals surface area (Å²) >= 11 is 1.62. The van der Waals surface area contributed by atoms with Crippen LogP contribution < -0.4 is 10.6 Å². The summed E-state index contributed by atoms with van der Waals surface area (Å²) in [6.45, 7) is 7.79. The van der Waals surface area contributed by atoms with Gasteiger partial charge < -0.3 is 10.6 Å². The molecule has 5 heteroatoms. The highest BCUT2D eigenvalue weighted by molar-refractivity contribution is 7.10. The summed E-state index contributed by atoms with van der Waals surface area (Å²) < 4.78 is 0. The van der Waals surface area contributed by atoms with Gasteiger partial charge in [-0.1, -0.05) is 13.8 Å². The minimum absolute atomic E-state index is 0.0679. The molecule has 1 aromatic rings. The first-order valence-electron chi connectivity index (χ1n) is 5.99. The topological polar surface area (TPSA) is 58.2 Å². The third kappa shape index (κ3) is 4.14. The summed E-state index contributed by atoms with van der Waals surface area (Å²) in [5.41, 5.74) is 1.18. The number of carbonyl (C=O) groups is 2. The quantitative estimate of drug-likeness (QED) is 0.856. The zero-order valence-corrected chi connectivity index (χ0v) is 12.1. The van der Waals surface area contributed by atoms with Crippen molar-refractivity contribution in [3.63, 3.8) is 0 Å². The zero-order valence-electron chi connectivity index (χ0n) is 11.2. The van der Waals surface area contributed by atoms with E-state index in [1.807, 2.05) is 32.2 Å². The van der Waals surface area contributed by atoms with Gasteiger partial charge in [-0.2, -0.15) is 0 Å². The normalized spacial score (nSPS) is 12.3. The summed E-state index contributed by atoms with van der Waals surface area (Å²) in [4.78, 5) is 24.2. The van der Waals surface area contributed by atoms with Crippen molar-refractivity contribution in [2.75, 3.05) is 0 Å². The Kier molecular flexibility index (Phi) is 5.34. The molecule has 0 radical (unpaired) electrons. The molecule has 1 rings (SSSR count). The van der Waals surface area contributed by atoms with Gasteiger partial charge in [0.15, 0.2) is 0 Å². The van der Waals surface area contributed by atoms with Gasteiger partial charge in [-0.15, -0.1) is 11.3 Å². The first-order valence-corrected chi connectivity index (χ1v) is 6.87. The molecule has 18 heavy (non-hydrogen) atoms. The number of carbonyl (C=O) groups excluding carboxylic acids is 2. The van der Waals surface area contributed by atoms with E-state index in [0.717, 1.165) is 4.88 Å². The highest BCUT2D eigenvalue weighted by atomic mass is 32.1. The van der Waals surface area contributed by atoms with Crippen LogP contribution in [0.2, 0.25) is 0 Å². The molecule has 0 aromatic carbocycles. The van der Waals surface area contributed by atoms with Gasteiger partial charge in [-0.05, 0) is 29.9 Å². The van der Waals surface area contributed by atoms with Crippen molar-refractivity contribution in [2.24, 2.45) is 5.92 Å². The lowest BCUT2D eigenvalue weighted by Crippen LogP contribution is -2.48. The van der Waals surface area contributed by atoms with Gasteiger partial charge in [-0.3, -0.25) is 9.59 Å². The van der Waals surface area contributed by atoms with E-state index in [-0.39, 0.29) is 17.7 Å². The predicted octanol–water partition coefficient (Wildman–Crippen LogP) is 1.83. The van der Waals surface area contributed by atoms with E-state index < -0.39 is 6.04 Å². The predicted molar refractivity (Wildman–Crippen MR) is 73.3 cm³/mol. The van der Waals surface area contributed by atoms with E-state index >= 15 is 0 Å². The lowest BCUT2D eigenvalue weighted by Gasteiger charge is -2.20. The number of aryl methyl sites for hydroxylation is 1. The number of hydrogen-bond acceptors (Lipinski definition) is 3. The Balaban J connectivity index is 2.57. The SMILES string of the molecule is CC(=O)NC(C(=O)NCc1sccc1C)C(C)C. The van der Waals surface area contributed by atoms with Crippen LogP contribution in [-0.2, 0) is 16.1 Å². The largest absolute Gasteiger partial charge is 0.349 e. The number of amides is 2. The number of rotatable bonds is 5. The molecule has 0 fully saturated rings. The van der Waals surface area contributed by atoms with Crippen molar-refractivity contribution in [2.45, 2.75) is 40.3 Å². The minimum atomic E-state index is -0.470. The lowest BCUT2D eigenvalue weighted by molar-refractivity contribution is -0.129. The van der Waals surface area contributed by atoms with Crippen molar-refractivity contribution in [1.29, 1.82) is 0 Å². The summed E-state index contributed by atoms with van der Waals surface area (Å²) in [5, 5.41) is 7.55. The smallest absolute Gasteiger partial charge is 0.243 e. The highest BCUT2D eigenvalue weighted by Crippen LogP contribution is 2.15. The van der Waals surface area contributed by atoms with Crippen LogP contribution in [0, 0.1) is 12.8 Å². The second kappa shape index (κ2) is 6.54. The van der Waals surface area contributed by atoms with Gasteiger partial charge >= 0.3 is 0 Å². The van der Waals surface area contributed by atoms with E-state index in [1.54, 1.807) is 11.3 Å². The Morgan fingerprint density at radius 1 is 1.39 bits per heavy atom. The maximum absolute atomic E-state index is 12.0. The number of thiophene rings is 1. The fraction of sp³-hybridized carbons (Fsp3) is 0.538. The minimum Gasteiger partial charge on any atom is -0.349 e. The van der Waals surface area contributed by atoms with Gasteiger partial charge in [-0.25, -0.2) is 0 Å². The Morgan fingerprint density at radius 3 is 2.50 bits per heavy atom. The molecule has 4 nitrogen and oxygen atoms in total. The van der Waals surface area contributed by atoms with Crippen LogP contribution in [0.15, 0.2) is 11.4 Å². The molecule has 2 N–H and O–H groups in total. The molecule has 0 saturated carbocycles. The standard InChI is InChI=1S/C13H20N2O2S/c1-8(2)12(15-10(4)16)13(17)14-7-11-9(3)5-6-18-11/h5-6,8,12H,7H2,1-4H3,(H,14,17)(H,15,16). The molecule has 0 saturated heterocycles. The summed E-state index contributed by atoms with van der Waals surface area (Å²) in [6, 6.07) is 1.56. The third-order valence-electron chi connectivity index (χ3n) is 2.70. The molecule has 0 aliphatic heterocycles. The number of hydrogen-bond donors (Lipinski definition) is 2. The molecule has 2 amide bonds. The Morgan fingerprint density at radius 2 is 2.06 bits per heavy atom. The van der Waals surface area contributed by atoms with E-state index in [0.29, 0.717) is 6.54 Å².